The molecule has 9 heteroatoms. The quantitative estimate of drug-likeness (QED) is 0.205. The van der Waals surface area contributed by atoms with Gasteiger partial charge >= 0.3 is 12.1 Å². The lowest BCUT2D eigenvalue weighted by molar-refractivity contribution is 0.0270. The molecule has 0 saturated carbocycles. The molecule has 8 nitrogen and oxygen atoms in total. The maximum Gasteiger partial charge on any atom is 0.410 e. The minimum atomic E-state index is -1.95. The summed E-state index contributed by atoms with van der Waals surface area (Å²) in [7, 11) is -0.565. The summed E-state index contributed by atoms with van der Waals surface area (Å²) >= 11 is 0. The van der Waals surface area contributed by atoms with Gasteiger partial charge in [0.05, 0.1) is 30.2 Å². The molecule has 0 atom stereocenters. The van der Waals surface area contributed by atoms with Crippen LogP contribution in [0.25, 0.3) is 16.6 Å². The number of hydrogen-bond acceptors (Lipinski definition) is 6. The first-order valence-electron chi connectivity index (χ1n) is 15.3. The molecule has 232 valence electrons. The Balaban J connectivity index is 1.65. The van der Waals surface area contributed by atoms with Crippen LogP contribution in [-0.2, 0) is 9.47 Å². The number of fused-ring (bicyclic) bond motifs is 1. The smallest absolute Gasteiger partial charge is 0.410 e. The largest absolute Gasteiger partial charge is 0.465 e. The van der Waals surface area contributed by atoms with E-state index in [2.05, 4.69) is 75.5 Å². The maximum atomic E-state index is 12.7. The lowest BCUT2D eigenvalue weighted by Crippen LogP contribution is -2.51. The maximum absolute atomic E-state index is 12.7. The number of carbonyl (C=O) groups excluding carboxylic acids is 2. The number of pyridine rings is 1. The highest BCUT2D eigenvalue weighted by atomic mass is 28.3. The van der Waals surface area contributed by atoms with Crippen molar-refractivity contribution in [1.82, 2.24) is 14.1 Å². The third kappa shape index (κ3) is 6.51. The summed E-state index contributed by atoms with van der Waals surface area (Å²) in [5.74, 6) is -0.412. The average Bonchev–Trinajstić information content (AvgIpc) is 3.34. The monoisotopic (exact) mass is 604 g/mol. The van der Waals surface area contributed by atoms with Crippen LogP contribution < -0.4 is 5.32 Å². The number of esters is 1. The average molecular weight is 605 g/mol. The third-order valence-electron chi connectivity index (χ3n) is 8.65. The number of anilines is 2. The van der Waals surface area contributed by atoms with Gasteiger partial charge in [0.15, 0.2) is 8.24 Å². The topological polar surface area (TPSA) is 85.7 Å². The Hall–Kier alpha value is -3.59. The molecule has 0 bridgehead atoms. The summed E-state index contributed by atoms with van der Waals surface area (Å²) < 4.78 is 13.1. The summed E-state index contributed by atoms with van der Waals surface area (Å²) in [5.41, 5.74) is 6.13. The van der Waals surface area contributed by atoms with Crippen LogP contribution in [0, 0.1) is 0 Å². The highest BCUT2D eigenvalue weighted by molar-refractivity contribution is 6.82. The van der Waals surface area contributed by atoms with Crippen LogP contribution in [0.5, 0.6) is 0 Å². The normalized spacial score (nSPS) is 14.4. The molecule has 0 unspecified atom stereocenters. The molecule has 1 aliphatic rings. The number of nitrogens with one attached hydrogen (secondary N) is 1. The molecule has 0 radical (unpaired) electrons. The van der Waals surface area contributed by atoms with Crippen molar-refractivity contribution in [3.8, 4) is 0 Å². The van der Waals surface area contributed by atoms with Gasteiger partial charge in [0.25, 0.3) is 0 Å². The van der Waals surface area contributed by atoms with E-state index in [1.54, 1.807) is 11.0 Å². The van der Waals surface area contributed by atoms with Gasteiger partial charge in [-0.25, -0.2) is 14.6 Å². The number of hydrogen-bond donors (Lipinski definition) is 1. The number of amides is 1. The van der Waals surface area contributed by atoms with Gasteiger partial charge in [0, 0.05) is 18.5 Å². The molecular formula is C34H48N4O4Si. The van der Waals surface area contributed by atoms with Gasteiger partial charge in [0.2, 0.25) is 0 Å². The third-order valence-corrected chi connectivity index (χ3v) is 15.4. The van der Waals surface area contributed by atoms with Crippen LogP contribution in [-0.4, -0.2) is 60.2 Å². The summed E-state index contributed by atoms with van der Waals surface area (Å²) in [6.45, 7) is 20.8. The number of aromatic nitrogens is 2. The molecule has 0 saturated heterocycles. The minimum absolute atomic E-state index is 0.307. The van der Waals surface area contributed by atoms with Crippen molar-refractivity contribution in [2.45, 2.75) is 91.0 Å². The van der Waals surface area contributed by atoms with Gasteiger partial charge in [-0.15, -0.1) is 0 Å². The second kappa shape index (κ2) is 12.6. The first-order valence-corrected chi connectivity index (χ1v) is 17.5. The van der Waals surface area contributed by atoms with Gasteiger partial charge < -0.3 is 23.9 Å². The molecule has 1 amide bonds. The van der Waals surface area contributed by atoms with E-state index in [9.17, 15) is 9.59 Å². The standard InChI is InChI=1S/C34H48N4O4Si/c1-22(2)43(23(3)4,24(5)6)38-18-15-27-19-28(21-35-31(27)38)36-30-20-26(11-12-29(30)32(39)41-10)25-13-16-37(17-14-25)33(40)42-34(7,8)9/h11-13,15,18-24,36H,14,16-17H2,1-10H3. The van der Waals surface area contributed by atoms with Crippen molar-refractivity contribution in [2.24, 2.45) is 0 Å². The zero-order chi connectivity index (χ0) is 31.7. The number of carbonyl (C=O) groups is 2. The van der Waals surface area contributed by atoms with E-state index >= 15 is 0 Å². The molecular weight excluding hydrogens is 556 g/mol. The molecule has 1 aromatic carbocycles. The van der Waals surface area contributed by atoms with E-state index in [1.807, 2.05) is 39.1 Å². The molecule has 43 heavy (non-hydrogen) atoms. The van der Waals surface area contributed by atoms with Crippen molar-refractivity contribution >= 4 is 48.3 Å². The van der Waals surface area contributed by atoms with Crippen molar-refractivity contribution in [3.63, 3.8) is 0 Å². The second-order valence-electron chi connectivity index (χ2n) is 13.5. The number of benzene rings is 1. The second-order valence-corrected chi connectivity index (χ2v) is 19.2. The Morgan fingerprint density at radius 1 is 1.00 bits per heavy atom. The summed E-state index contributed by atoms with van der Waals surface area (Å²) in [6, 6.07) is 9.96. The van der Waals surface area contributed by atoms with Crippen LogP contribution in [0.2, 0.25) is 16.6 Å². The first kappa shape index (κ1) is 32.3. The van der Waals surface area contributed by atoms with Gasteiger partial charge in [-0.2, -0.15) is 0 Å². The van der Waals surface area contributed by atoms with Crippen LogP contribution in [0.1, 0.15) is 84.7 Å². The molecule has 0 spiro atoms. The molecule has 3 aromatic rings. The van der Waals surface area contributed by atoms with Gasteiger partial charge in [-0.3, -0.25) is 0 Å². The Morgan fingerprint density at radius 3 is 2.23 bits per heavy atom. The van der Waals surface area contributed by atoms with Gasteiger partial charge in [0.1, 0.15) is 11.2 Å². The molecule has 0 aliphatic carbocycles. The van der Waals surface area contributed by atoms with Crippen molar-refractivity contribution in [1.29, 1.82) is 0 Å². The van der Waals surface area contributed by atoms with Gasteiger partial charge in [-0.05, 0) is 85.4 Å². The summed E-state index contributed by atoms with van der Waals surface area (Å²) in [5, 5.41) is 4.52. The number of methoxy groups -OCH3 is 1. The van der Waals surface area contributed by atoms with Crippen LogP contribution >= 0.6 is 0 Å². The molecule has 3 heterocycles. The summed E-state index contributed by atoms with van der Waals surface area (Å²) in [4.78, 5) is 31.9. The first-order chi connectivity index (χ1) is 20.2. The van der Waals surface area contributed by atoms with Gasteiger partial charge in [-0.1, -0.05) is 53.7 Å². The molecule has 4 rings (SSSR count). The Labute approximate surface area is 257 Å². The highest BCUT2D eigenvalue weighted by Crippen LogP contribution is 2.44. The minimum Gasteiger partial charge on any atom is -0.465 e. The lowest BCUT2D eigenvalue weighted by Gasteiger charge is -2.44. The van der Waals surface area contributed by atoms with Crippen molar-refractivity contribution < 1.29 is 19.1 Å². The molecule has 1 N–H and O–H groups in total. The van der Waals surface area contributed by atoms with E-state index in [4.69, 9.17) is 14.5 Å². The van der Waals surface area contributed by atoms with Crippen molar-refractivity contribution in [2.75, 3.05) is 25.5 Å². The molecule has 2 aromatic heterocycles. The predicted molar refractivity (Wildman–Crippen MR) is 178 cm³/mol. The number of ether oxygens (including phenoxy) is 2. The highest BCUT2D eigenvalue weighted by Gasteiger charge is 2.46. The zero-order valence-corrected chi connectivity index (χ0v) is 28.4. The SMILES string of the molecule is COC(=O)c1ccc(C2=CCN(C(=O)OC(C)(C)C)CC2)cc1Nc1cnc2c(ccn2[Si](C(C)C)(C(C)C)C(C)C)c1. The van der Waals surface area contributed by atoms with Crippen molar-refractivity contribution in [3.05, 3.63) is 59.9 Å². The fourth-order valence-corrected chi connectivity index (χ4v) is 13.5. The fourth-order valence-electron chi connectivity index (χ4n) is 6.95. The predicted octanol–water partition coefficient (Wildman–Crippen LogP) is 8.61. The van der Waals surface area contributed by atoms with E-state index in [-0.39, 0.29) is 6.09 Å². The van der Waals surface area contributed by atoms with E-state index in [0.29, 0.717) is 47.4 Å². The number of rotatable bonds is 8. The van der Waals surface area contributed by atoms with E-state index in [1.165, 1.54) is 7.11 Å². The molecule has 0 fully saturated rings. The van der Waals surface area contributed by atoms with Crippen LogP contribution in [0.15, 0.2) is 48.8 Å². The molecule has 1 aliphatic heterocycles. The van der Waals surface area contributed by atoms with E-state index < -0.39 is 19.8 Å². The Morgan fingerprint density at radius 2 is 1.67 bits per heavy atom. The zero-order valence-electron chi connectivity index (χ0n) is 27.4. The fraction of sp³-hybridized carbons (Fsp3) is 0.500. The van der Waals surface area contributed by atoms with E-state index in [0.717, 1.165) is 27.9 Å². The van der Waals surface area contributed by atoms with Crippen LogP contribution in [0.4, 0.5) is 16.2 Å². The van der Waals surface area contributed by atoms with Crippen LogP contribution in [0.3, 0.4) is 0 Å². The Kier molecular flexibility index (Phi) is 9.44. The Bertz CT molecular complexity index is 1490. The lowest BCUT2D eigenvalue weighted by atomic mass is 9.97. The number of nitrogens with zero attached hydrogens (tertiary/aromatic N) is 3. The summed E-state index contributed by atoms with van der Waals surface area (Å²) in [6.07, 6.45) is 6.51.